The molecular weight excluding hydrogens is 350 g/mol. The van der Waals surface area contributed by atoms with Crippen LogP contribution in [0, 0.1) is 0 Å². The molecular formula is C19H15N3O3S. The highest BCUT2D eigenvalue weighted by molar-refractivity contribution is 7.12. The van der Waals surface area contributed by atoms with Gasteiger partial charge in [-0.3, -0.25) is 14.5 Å². The van der Waals surface area contributed by atoms with E-state index in [0.717, 1.165) is 0 Å². The minimum Gasteiger partial charge on any atom is -0.472 e. The lowest BCUT2D eigenvalue weighted by Gasteiger charge is -2.33. The molecule has 7 heteroatoms. The van der Waals surface area contributed by atoms with Crippen molar-refractivity contribution in [2.24, 2.45) is 0 Å². The fourth-order valence-corrected chi connectivity index (χ4v) is 3.47. The molecule has 0 bridgehead atoms. The molecule has 1 atom stereocenters. The Labute approximate surface area is 153 Å². The van der Waals surface area contributed by atoms with Gasteiger partial charge >= 0.3 is 0 Å². The van der Waals surface area contributed by atoms with Crippen LogP contribution in [-0.4, -0.2) is 23.2 Å². The third-order valence-corrected chi connectivity index (χ3v) is 4.96. The van der Waals surface area contributed by atoms with Crippen LogP contribution in [-0.2, 0) is 4.79 Å². The van der Waals surface area contributed by atoms with Gasteiger partial charge in [-0.15, -0.1) is 11.3 Å². The molecule has 0 saturated carbocycles. The number of pyridine rings is 1. The van der Waals surface area contributed by atoms with E-state index >= 15 is 0 Å². The fraction of sp³-hybridized carbons (Fsp3) is 0.105. The number of carbonyl (C=O) groups excluding carboxylic acids is 2. The van der Waals surface area contributed by atoms with Crippen molar-refractivity contribution in [3.05, 3.63) is 70.4 Å². The van der Waals surface area contributed by atoms with Gasteiger partial charge < -0.3 is 10.5 Å². The number of nitrogen functional groups attached to an aromatic ring is 1. The molecule has 6 nitrogen and oxygen atoms in total. The van der Waals surface area contributed by atoms with Crippen LogP contribution in [0.15, 0.2) is 60.0 Å². The number of benzene rings is 1. The van der Waals surface area contributed by atoms with Gasteiger partial charge in [-0.25, -0.2) is 4.98 Å². The first kappa shape index (κ1) is 16.3. The number of hydrogen-bond donors (Lipinski definition) is 1. The highest BCUT2D eigenvalue weighted by Crippen LogP contribution is 2.38. The number of hydrogen-bond acceptors (Lipinski definition) is 6. The Hall–Kier alpha value is -3.19. The topological polar surface area (TPSA) is 85.5 Å². The van der Waals surface area contributed by atoms with Crippen molar-refractivity contribution >= 4 is 34.7 Å². The van der Waals surface area contributed by atoms with Gasteiger partial charge in [-0.1, -0.05) is 36.4 Å². The summed E-state index contributed by atoms with van der Waals surface area (Å²) in [6.45, 7) is -0.116. The number of aromatic nitrogens is 1. The number of rotatable bonds is 4. The van der Waals surface area contributed by atoms with E-state index in [1.807, 2.05) is 35.7 Å². The zero-order valence-electron chi connectivity index (χ0n) is 13.7. The molecule has 0 radical (unpaired) electrons. The van der Waals surface area contributed by atoms with E-state index in [4.69, 9.17) is 10.5 Å². The Bertz CT molecular complexity index is 957. The van der Waals surface area contributed by atoms with Gasteiger partial charge in [-0.2, -0.15) is 0 Å². The summed E-state index contributed by atoms with van der Waals surface area (Å²) in [6.07, 6.45) is -0.828. The van der Waals surface area contributed by atoms with Crippen molar-refractivity contribution < 1.29 is 14.3 Å². The minimum absolute atomic E-state index is 0.116. The van der Waals surface area contributed by atoms with Gasteiger partial charge in [-0.05, 0) is 23.6 Å². The number of Topliss-reactive ketones (excluding diaryl/α,β-unsaturated/α-hetero) is 1. The fourth-order valence-electron chi connectivity index (χ4n) is 2.81. The number of thiophene rings is 1. The molecule has 1 aliphatic heterocycles. The first-order valence-corrected chi connectivity index (χ1v) is 8.87. The number of carbonyl (C=O) groups is 2. The van der Waals surface area contributed by atoms with Crippen LogP contribution >= 0.6 is 11.3 Å². The second-order valence-electron chi connectivity index (χ2n) is 5.79. The van der Waals surface area contributed by atoms with Crippen molar-refractivity contribution in [3.63, 3.8) is 0 Å². The number of fused-ring (bicyclic) bond motifs is 1. The van der Waals surface area contributed by atoms with E-state index in [9.17, 15) is 9.59 Å². The predicted octanol–water partition coefficient (Wildman–Crippen LogP) is 3.07. The van der Waals surface area contributed by atoms with E-state index in [0.29, 0.717) is 16.2 Å². The average Bonchev–Trinajstić information content (AvgIpc) is 3.19. The monoisotopic (exact) mass is 365 g/mol. The maximum Gasteiger partial charge on any atom is 0.274 e. The second-order valence-corrected chi connectivity index (χ2v) is 6.74. The molecule has 1 aliphatic rings. The van der Waals surface area contributed by atoms with Gasteiger partial charge in [0.1, 0.15) is 5.82 Å². The summed E-state index contributed by atoms with van der Waals surface area (Å²) in [7, 11) is 0. The van der Waals surface area contributed by atoms with Gasteiger partial charge in [0.15, 0.2) is 17.4 Å². The van der Waals surface area contributed by atoms with Crippen LogP contribution in [0.3, 0.4) is 0 Å². The minimum atomic E-state index is -0.828. The first-order valence-electron chi connectivity index (χ1n) is 7.99. The summed E-state index contributed by atoms with van der Waals surface area (Å²) in [5.41, 5.74) is 6.49. The summed E-state index contributed by atoms with van der Waals surface area (Å²) < 4.78 is 5.87. The first-order chi connectivity index (χ1) is 12.6. The van der Waals surface area contributed by atoms with Crippen LogP contribution < -0.4 is 15.4 Å². The van der Waals surface area contributed by atoms with Gasteiger partial charge in [0.2, 0.25) is 6.10 Å². The number of nitrogens with zero attached hydrogens (tertiary/aromatic N) is 2. The van der Waals surface area contributed by atoms with Gasteiger partial charge in [0, 0.05) is 5.56 Å². The van der Waals surface area contributed by atoms with E-state index in [1.165, 1.54) is 16.2 Å². The van der Waals surface area contributed by atoms with Crippen LogP contribution in [0.1, 0.15) is 21.3 Å². The molecule has 1 amide bonds. The molecule has 0 spiro atoms. The highest BCUT2D eigenvalue weighted by Gasteiger charge is 2.37. The molecule has 2 aromatic heterocycles. The number of amides is 1. The third-order valence-electron chi connectivity index (χ3n) is 4.05. The zero-order valence-corrected chi connectivity index (χ0v) is 14.5. The standard InChI is InChI=1S/C19H15N3O3S/c20-16-9-8-14-18(21-16)22(11-13(23)15-7-4-10-26-15)19(24)17(25-14)12-5-2-1-3-6-12/h1-10,17H,11H2,(H2,20,21). The molecule has 130 valence electrons. The summed E-state index contributed by atoms with van der Waals surface area (Å²) in [4.78, 5) is 31.8. The Kier molecular flexibility index (Phi) is 4.14. The second kappa shape index (κ2) is 6.61. The molecule has 0 aliphatic carbocycles. The summed E-state index contributed by atoms with van der Waals surface area (Å²) in [5.74, 6) is 0.453. The molecule has 4 rings (SSSR count). The lowest BCUT2D eigenvalue weighted by molar-refractivity contribution is -0.126. The van der Waals surface area contributed by atoms with E-state index in [-0.39, 0.29) is 29.9 Å². The summed E-state index contributed by atoms with van der Waals surface area (Å²) in [6, 6.07) is 16.0. The Balaban J connectivity index is 1.73. The van der Waals surface area contributed by atoms with Crippen molar-refractivity contribution in [3.8, 4) is 5.75 Å². The largest absolute Gasteiger partial charge is 0.472 e. The van der Waals surface area contributed by atoms with Crippen molar-refractivity contribution in [2.75, 3.05) is 17.2 Å². The van der Waals surface area contributed by atoms with Crippen LogP contribution in [0.4, 0.5) is 11.6 Å². The molecule has 2 N–H and O–H groups in total. The number of nitrogens with two attached hydrogens (primary N) is 1. The maximum atomic E-state index is 13.1. The van der Waals surface area contributed by atoms with Crippen LogP contribution in [0.2, 0.25) is 0 Å². The Morgan fingerprint density at radius 3 is 2.69 bits per heavy atom. The number of ether oxygens (including phenoxy) is 1. The van der Waals surface area contributed by atoms with Gasteiger partial charge in [0.25, 0.3) is 5.91 Å². The normalized spacial score (nSPS) is 16.1. The Morgan fingerprint density at radius 1 is 1.15 bits per heavy atom. The molecule has 3 aromatic rings. The van der Waals surface area contributed by atoms with Crippen molar-refractivity contribution in [1.82, 2.24) is 4.98 Å². The average molecular weight is 365 g/mol. The smallest absolute Gasteiger partial charge is 0.274 e. The summed E-state index contributed by atoms with van der Waals surface area (Å²) >= 11 is 1.34. The van der Waals surface area contributed by atoms with E-state index in [2.05, 4.69) is 4.98 Å². The van der Waals surface area contributed by atoms with E-state index in [1.54, 1.807) is 24.3 Å². The number of anilines is 2. The molecule has 0 saturated heterocycles. The predicted molar refractivity (Wildman–Crippen MR) is 99.5 cm³/mol. The van der Waals surface area contributed by atoms with Crippen LogP contribution in [0.5, 0.6) is 5.75 Å². The third kappa shape index (κ3) is 2.93. The van der Waals surface area contributed by atoms with E-state index < -0.39 is 6.10 Å². The van der Waals surface area contributed by atoms with Crippen LogP contribution in [0.25, 0.3) is 0 Å². The molecule has 1 aromatic carbocycles. The molecule has 0 fully saturated rings. The van der Waals surface area contributed by atoms with Crippen molar-refractivity contribution in [2.45, 2.75) is 6.10 Å². The molecule has 26 heavy (non-hydrogen) atoms. The quantitative estimate of drug-likeness (QED) is 0.718. The highest BCUT2D eigenvalue weighted by atomic mass is 32.1. The zero-order chi connectivity index (χ0) is 18.1. The summed E-state index contributed by atoms with van der Waals surface area (Å²) in [5, 5.41) is 1.82. The Morgan fingerprint density at radius 2 is 1.96 bits per heavy atom. The SMILES string of the molecule is Nc1ccc2c(n1)N(CC(=O)c1cccs1)C(=O)C(c1ccccc1)O2. The molecule has 3 heterocycles. The molecule has 1 unspecified atom stereocenters. The van der Waals surface area contributed by atoms with Gasteiger partial charge in [0.05, 0.1) is 11.4 Å². The van der Waals surface area contributed by atoms with Crippen molar-refractivity contribution in [1.29, 1.82) is 0 Å². The number of ketones is 1. The lowest BCUT2D eigenvalue weighted by atomic mass is 10.1. The maximum absolute atomic E-state index is 13.1. The lowest BCUT2D eigenvalue weighted by Crippen LogP contribution is -2.44.